The Bertz CT molecular complexity index is 457. The van der Waals surface area contributed by atoms with E-state index in [9.17, 15) is 0 Å². The summed E-state index contributed by atoms with van der Waals surface area (Å²) in [4.78, 5) is 6.78. The summed E-state index contributed by atoms with van der Waals surface area (Å²) in [5.74, 6) is 0.642. The Balaban J connectivity index is 2.04. The van der Waals surface area contributed by atoms with Crippen molar-refractivity contribution in [3.05, 3.63) is 47.2 Å². The van der Waals surface area contributed by atoms with E-state index < -0.39 is 0 Å². The van der Waals surface area contributed by atoms with Gasteiger partial charge in [-0.25, -0.2) is 0 Å². The highest BCUT2D eigenvalue weighted by Crippen LogP contribution is 2.24. The standard InChI is InChI=1S/C11H11ClN2O2/c1-15-11-7-9(3-4-10(11)12)8-16-14-6-2-5-13-14/h2-7H,8H2,1H3. The fourth-order valence-corrected chi connectivity index (χ4v) is 1.46. The van der Waals surface area contributed by atoms with E-state index in [0.717, 1.165) is 5.56 Å². The van der Waals surface area contributed by atoms with Gasteiger partial charge in [-0.1, -0.05) is 17.7 Å². The van der Waals surface area contributed by atoms with E-state index in [0.29, 0.717) is 17.4 Å². The normalized spacial score (nSPS) is 10.1. The molecule has 1 heterocycles. The Morgan fingerprint density at radius 2 is 2.31 bits per heavy atom. The van der Waals surface area contributed by atoms with Crippen molar-refractivity contribution in [1.29, 1.82) is 0 Å². The molecule has 1 aromatic carbocycles. The predicted molar refractivity (Wildman–Crippen MR) is 60.5 cm³/mol. The Morgan fingerprint density at radius 1 is 1.44 bits per heavy atom. The first kappa shape index (κ1) is 10.8. The molecule has 0 spiro atoms. The van der Waals surface area contributed by atoms with Crippen LogP contribution in [0.25, 0.3) is 0 Å². The molecule has 4 nitrogen and oxygen atoms in total. The predicted octanol–water partition coefficient (Wildman–Crippen LogP) is 2.17. The molecule has 0 saturated carbocycles. The molecule has 0 amide bonds. The van der Waals surface area contributed by atoms with Gasteiger partial charge in [0.05, 0.1) is 24.5 Å². The summed E-state index contributed by atoms with van der Waals surface area (Å²) < 4.78 is 5.11. The van der Waals surface area contributed by atoms with Crippen molar-refractivity contribution in [2.75, 3.05) is 7.11 Å². The lowest BCUT2D eigenvalue weighted by Gasteiger charge is -2.07. The molecule has 5 heteroatoms. The quantitative estimate of drug-likeness (QED) is 0.819. The maximum atomic E-state index is 5.91. The second-order valence-electron chi connectivity index (χ2n) is 3.15. The van der Waals surface area contributed by atoms with E-state index in [4.69, 9.17) is 21.2 Å². The number of halogens is 1. The molecule has 0 radical (unpaired) electrons. The van der Waals surface area contributed by atoms with Crippen LogP contribution in [0.3, 0.4) is 0 Å². The maximum absolute atomic E-state index is 5.91. The van der Waals surface area contributed by atoms with Gasteiger partial charge < -0.3 is 9.57 Å². The molecule has 1 aromatic heterocycles. The average molecular weight is 239 g/mol. The van der Waals surface area contributed by atoms with E-state index in [1.165, 1.54) is 4.85 Å². The summed E-state index contributed by atoms with van der Waals surface area (Å²) in [6.45, 7) is 0.412. The third-order valence-electron chi connectivity index (χ3n) is 2.06. The molecule has 2 aromatic rings. The van der Waals surface area contributed by atoms with E-state index in [1.54, 1.807) is 31.6 Å². The zero-order valence-electron chi connectivity index (χ0n) is 8.76. The number of methoxy groups -OCH3 is 1. The van der Waals surface area contributed by atoms with Crippen LogP contribution in [0.1, 0.15) is 5.56 Å². The fourth-order valence-electron chi connectivity index (χ4n) is 1.27. The van der Waals surface area contributed by atoms with E-state index in [-0.39, 0.29) is 0 Å². The van der Waals surface area contributed by atoms with Gasteiger partial charge in [-0.05, 0) is 23.8 Å². The lowest BCUT2D eigenvalue weighted by molar-refractivity contribution is 0.0699. The van der Waals surface area contributed by atoms with Crippen LogP contribution >= 0.6 is 11.6 Å². The number of nitrogens with zero attached hydrogens (tertiary/aromatic N) is 2. The molecule has 0 aliphatic rings. The number of aromatic nitrogens is 2. The molecule has 0 saturated heterocycles. The topological polar surface area (TPSA) is 36.3 Å². The molecule has 0 aliphatic carbocycles. The molecular formula is C11H11ClN2O2. The van der Waals surface area contributed by atoms with Crippen molar-refractivity contribution in [3.63, 3.8) is 0 Å². The van der Waals surface area contributed by atoms with Crippen LogP contribution in [0, 0.1) is 0 Å². The van der Waals surface area contributed by atoms with Crippen LogP contribution < -0.4 is 9.57 Å². The van der Waals surface area contributed by atoms with E-state index in [1.807, 2.05) is 12.1 Å². The van der Waals surface area contributed by atoms with Crippen molar-refractivity contribution in [2.24, 2.45) is 0 Å². The first-order chi connectivity index (χ1) is 7.79. The van der Waals surface area contributed by atoms with Crippen LogP contribution in [0.5, 0.6) is 5.75 Å². The van der Waals surface area contributed by atoms with Gasteiger partial charge >= 0.3 is 0 Å². The Kier molecular flexibility index (Phi) is 3.31. The van der Waals surface area contributed by atoms with Crippen molar-refractivity contribution in [1.82, 2.24) is 9.94 Å². The highest BCUT2D eigenvalue weighted by Gasteiger charge is 2.02. The lowest BCUT2D eigenvalue weighted by atomic mass is 10.2. The van der Waals surface area contributed by atoms with Gasteiger partial charge in [-0.3, -0.25) is 0 Å². The Hall–Kier alpha value is -1.68. The zero-order valence-corrected chi connectivity index (χ0v) is 9.52. The number of rotatable bonds is 4. The van der Waals surface area contributed by atoms with Crippen LogP contribution in [0.2, 0.25) is 5.02 Å². The number of hydrogen-bond donors (Lipinski definition) is 0. The first-order valence-electron chi connectivity index (χ1n) is 4.75. The van der Waals surface area contributed by atoms with Crippen LogP contribution in [0.15, 0.2) is 36.7 Å². The highest BCUT2D eigenvalue weighted by atomic mass is 35.5. The second-order valence-corrected chi connectivity index (χ2v) is 3.56. The van der Waals surface area contributed by atoms with Gasteiger partial charge in [0.25, 0.3) is 0 Å². The average Bonchev–Trinajstić information content (AvgIpc) is 2.81. The minimum absolute atomic E-state index is 0.412. The third kappa shape index (κ3) is 2.46. The summed E-state index contributed by atoms with van der Waals surface area (Å²) in [6, 6.07) is 7.30. The molecule has 0 unspecified atom stereocenters. The van der Waals surface area contributed by atoms with Gasteiger partial charge in [-0.2, -0.15) is 0 Å². The largest absolute Gasteiger partial charge is 0.495 e. The van der Waals surface area contributed by atoms with Gasteiger partial charge in [0.15, 0.2) is 0 Å². The Labute approximate surface area is 98.3 Å². The number of benzene rings is 1. The summed E-state index contributed by atoms with van der Waals surface area (Å²) in [7, 11) is 1.58. The molecule has 0 bridgehead atoms. The molecule has 84 valence electrons. The molecule has 2 rings (SSSR count). The summed E-state index contributed by atoms with van der Waals surface area (Å²) in [5.41, 5.74) is 0.969. The van der Waals surface area contributed by atoms with Gasteiger partial charge in [0.1, 0.15) is 12.4 Å². The molecule has 0 aliphatic heterocycles. The zero-order chi connectivity index (χ0) is 11.4. The van der Waals surface area contributed by atoms with Crippen LogP contribution in [-0.2, 0) is 6.61 Å². The van der Waals surface area contributed by atoms with Crippen LogP contribution in [0.4, 0.5) is 0 Å². The van der Waals surface area contributed by atoms with E-state index >= 15 is 0 Å². The smallest absolute Gasteiger partial charge is 0.142 e. The molecule has 0 fully saturated rings. The molecule has 0 atom stereocenters. The Morgan fingerprint density at radius 3 is 3.00 bits per heavy atom. The number of ether oxygens (including phenoxy) is 1. The molecule has 0 N–H and O–H groups in total. The molecular weight excluding hydrogens is 228 g/mol. The second kappa shape index (κ2) is 4.90. The summed E-state index contributed by atoms with van der Waals surface area (Å²) >= 11 is 5.91. The minimum Gasteiger partial charge on any atom is -0.495 e. The highest BCUT2D eigenvalue weighted by molar-refractivity contribution is 6.32. The first-order valence-corrected chi connectivity index (χ1v) is 5.13. The van der Waals surface area contributed by atoms with Crippen molar-refractivity contribution < 1.29 is 9.57 Å². The van der Waals surface area contributed by atoms with E-state index in [2.05, 4.69) is 5.10 Å². The fraction of sp³-hybridized carbons (Fsp3) is 0.182. The van der Waals surface area contributed by atoms with Crippen molar-refractivity contribution >= 4 is 11.6 Å². The van der Waals surface area contributed by atoms with Crippen molar-refractivity contribution in [3.8, 4) is 5.75 Å². The molecule has 16 heavy (non-hydrogen) atoms. The number of hydrogen-bond acceptors (Lipinski definition) is 3. The van der Waals surface area contributed by atoms with Crippen molar-refractivity contribution in [2.45, 2.75) is 6.61 Å². The summed E-state index contributed by atoms with van der Waals surface area (Å²) in [5, 5.41) is 4.52. The monoisotopic (exact) mass is 238 g/mol. The van der Waals surface area contributed by atoms with Gasteiger partial charge in [0.2, 0.25) is 0 Å². The van der Waals surface area contributed by atoms with Gasteiger partial charge in [-0.15, -0.1) is 9.94 Å². The maximum Gasteiger partial charge on any atom is 0.142 e. The minimum atomic E-state index is 0.412. The van der Waals surface area contributed by atoms with Gasteiger partial charge in [0, 0.05) is 0 Å². The third-order valence-corrected chi connectivity index (χ3v) is 2.37. The SMILES string of the molecule is COc1cc(COn2cccn2)ccc1Cl. The summed E-state index contributed by atoms with van der Waals surface area (Å²) in [6.07, 6.45) is 3.38. The lowest BCUT2D eigenvalue weighted by Crippen LogP contribution is -2.11. The van der Waals surface area contributed by atoms with Crippen LogP contribution in [-0.4, -0.2) is 17.1 Å².